The molecule has 3 heteroatoms. The Bertz CT molecular complexity index is 142. The van der Waals surface area contributed by atoms with Crippen molar-refractivity contribution in [3.63, 3.8) is 0 Å². The first kappa shape index (κ1) is 6.29. The van der Waals surface area contributed by atoms with Gasteiger partial charge in [0.1, 0.15) is 0 Å². The van der Waals surface area contributed by atoms with Gasteiger partial charge in [-0.2, -0.15) is 5.10 Å². The molecule has 0 saturated carbocycles. The van der Waals surface area contributed by atoms with Crippen molar-refractivity contribution in [3.05, 3.63) is 12.3 Å². The molecule has 0 aromatic rings. The first-order valence-corrected chi connectivity index (χ1v) is 2.89. The van der Waals surface area contributed by atoms with Gasteiger partial charge in [-0.25, -0.2) is 11.0 Å². The van der Waals surface area contributed by atoms with Gasteiger partial charge in [-0.15, -0.1) is 0 Å². The molecule has 1 rings (SSSR count). The van der Waals surface area contributed by atoms with Crippen LogP contribution in [0.15, 0.2) is 17.4 Å². The smallest absolute Gasteiger partial charge is 0.0384 e. The summed E-state index contributed by atoms with van der Waals surface area (Å²) in [6, 6.07) is 0. The van der Waals surface area contributed by atoms with Crippen LogP contribution in [0, 0.1) is 5.41 Å². The minimum Gasteiger partial charge on any atom is -0.227 e. The number of hydrogen-bond acceptors (Lipinski definition) is 3. The summed E-state index contributed by atoms with van der Waals surface area (Å²) in [7, 11) is 0. The van der Waals surface area contributed by atoms with E-state index in [4.69, 9.17) is 5.84 Å². The Kier molecular flexibility index (Phi) is 1.29. The molecular weight excluding hydrogens is 114 g/mol. The molecule has 9 heavy (non-hydrogen) atoms. The SMILES string of the molecule is CC1(C)C=CN(N)N=C1. The van der Waals surface area contributed by atoms with E-state index >= 15 is 0 Å². The average Bonchev–Trinajstić information content (AvgIpc) is 1.78. The van der Waals surface area contributed by atoms with E-state index in [9.17, 15) is 0 Å². The fourth-order valence-corrected chi connectivity index (χ4v) is 0.565. The third kappa shape index (κ3) is 1.54. The van der Waals surface area contributed by atoms with Gasteiger partial charge in [0, 0.05) is 17.8 Å². The maximum absolute atomic E-state index is 5.30. The van der Waals surface area contributed by atoms with Crippen molar-refractivity contribution in [1.29, 1.82) is 0 Å². The zero-order chi connectivity index (χ0) is 6.91. The molecule has 0 aromatic heterocycles. The molecule has 1 aliphatic heterocycles. The number of hydrazine groups is 1. The maximum atomic E-state index is 5.30. The fraction of sp³-hybridized carbons (Fsp3) is 0.500. The molecule has 0 atom stereocenters. The Morgan fingerprint density at radius 2 is 2.22 bits per heavy atom. The van der Waals surface area contributed by atoms with Crippen molar-refractivity contribution in [2.45, 2.75) is 13.8 Å². The van der Waals surface area contributed by atoms with Crippen LogP contribution in [-0.4, -0.2) is 11.3 Å². The molecule has 0 saturated heterocycles. The zero-order valence-electron chi connectivity index (χ0n) is 5.70. The highest BCUT2D eigenvalue weighted by Gasteiger charge is 2.13. The van der Waals surface area contributed by atoms with Crippen LogP contribution in [0.3, 0.4) is 0 Å². The first-order valence-electron chi connectivity index (χ1n) is 2.89. The molecule has 0 spiro atoms. The van der Waals surface area contributed by atoms with Gasteiger partial charge in [-0.3, -0.25) is 0 Å². The zero-order valence-corrected chi connectivity index (χ0v) is 5.70. The standard InChI is InChI=1S/C6H11N3/c1-6(2)3-4-9(7)8-5-6/h3-5H,7H2,1-2H3. The topological polar surface area (TPSA) is 41.6 Å². The third-order valence-corrected chi connectivity index (χ3v) is 1.18. The lowest BCUT2D eigenvalue weighted by atomic mass is 9.95. The minimum atomic E-state index is 0.0653. The van der Waals surface area contributed by atoms with Crippen molar-refractivity contribution in [2.24, 2.45) is 16.4 Å². The molecular formula is C6H11N3. The van der Waals surface area contributed by atoms with Crippen LogP contribution in [0.25, 0.3) is 0 Å². The van der Waals surface area contributed by atoms with Crippen LogP contribution in [0.2, 0.25) is 0 Å². The number of hydrazone groups is 1. The summed E-state index contributed by atoms with van der Waals surface area (Å²) in [5, 5.41) is 5.18. The van der Waals surface area contributed by atoms with E-state index in [0.717, 1.165) is 0 Å². The van der Waals surface area contributed by atoms with Gasteiger partial charge in [0.15, 0.2) is 0 Å². The summed E-state index contributed by atoms with van der Waals surface area (Å²) in [4.78, 5) is 0. The average molecular weight is 125 g/mol. The molecule has 0 amide bonds. The van der Waals surface area contributed by atoms with E-state index in [1.165, 1.54) is 5.12 Å². The Morgan fingerprint density at radius 1 is 1.56 bits per heavy atom. The molecule has 0 fully saturated rings. The second-order valence-electron chi connectivity index (χ2n) is 2.76. The highest BCUT2D eigenvalue weighted by atomic mass is 15.6. The quantitative estimate of drug-likeness (QED) is 0.484. The molecule has 0 bridgehead atoms. The number of hydrogen-bond donors (Lipinski definition) is 1. The van der Waals surface area contributed by atoms with Gasteiger partial charge in [-0.05, 0) is 0 Å². The largest absolute Gasteiger partial charge is 0.227 e. The van der Waals surface area contributed by atoms with E-state index in [0.29, 0.717) is 0 Å². The highest BCUT2D eigenvalue weighted by molar-refractivity contribution is 5.67. The lowest BCUT2D eigenvalue weighted by Gasteiger charge is -2.20. The Labute approximate surface area is 54.8 Å². The summed E-state index contributed by atoms with van der Waals surface area (Å²) < 4.78 is 0. The molecule has 0 radical (unpaired) electrons. The van der Waals surface area contributed by atoms with Crippen molar-refractivity contribution >= 4 is 6.21 Å². The van der Waals surface area contributed by atoms with Gasteiger partial charge in [0.2, 0.25) is 0 Å². The Morgan fingerprint density at radius 3 is 2.56 bits per heavy atom. The predicted molar refractivity (Wildman–Crippen MR) is 37.4 cm³/mol. The normalized spacial score (nSPS) is 22.8. The Hall–Kier alpha value is -0.830. The molecule has 50 valence electrons. The van der Waals surface area contributed by atoms with Gasteiger partial charge in [0.25, 0.3) is 0 Å². The van der Waals surface area contributed by atoms with Crippen LogP contribution < -0.4 is 5.84 Å². The fourth-order valence-electron chi connectivity index (χ4n) is 0.565. The van der Waals surface area contributed by atoms with Gasteiger partial charge in [-0.1, -0.05) is 19.9 Å². The lowest BCUT2D eigenvalue weighted by molar-refractivity contribution is 0.398. The van der Waals surface area contributed by atoms with Gasteiger partial charge in [0.05, 0.1) is 0 Å². The number of nitrogens with two attached hydrogens (primary N) is 1. The monoisotopic (exact) mass is 125 g/mol. The highest BCUT2D eigenvalue weighted by Crippen LogP contribution is 2.16. The summed E-state index contributed by atoms with van der Waals surface area (Å²) in [5.74, 6) is 5.30. The predicted octanol–water partition coefficient (Wildman–Crippen LogP) is 0.701. The molecule has 1 heterocycles. The third-order valence-electron chi connectivity index (χ3n) is 1.18. The van der Waals surface area contributed by atoms with E-state index in [-0.39, 0.29) is 5.41 Å². The molecule has 3 nitrogen and oxygen atoms in total. The summed E-state index contributed by atoms with van der Waals surface area (Å²) in [5.41, 5.74) is 0.0653. The maximum Gasteiger partial charge on any atom is 0.0384 e. The Balaban J connectivity index is 2.70. The van der Waals surface area contributed by atoms with Crippen LogP contribution in [0.5, 0.6) is 0 Å². The van der Waals surface area contributed by atoms with Crippen LogP contribution >= 0.6 is 0 Å². The van der Waals surface area contributed by atoms with Crippen molar-refractivity contribution < 1.29 is 0 Å². The molecule has 0 aromatic carbocycles. The second kappa shape index (κ2) is 1.84. The summed E-state index contributed by atoms with van der Waals surface area (Å²) in [6.07, 6.45) is 5.56. The van der Waals surface area contributed by atoms with Gasteiger partial charge < -0.3 is 0 Å². The molecule has 1 aliphatic rings. The van der Waals surface area contributed by atoms with E-state index in [1.807, 2.05) is 12.3 Å². The van der Waals surface area contributed by atoms with Crippen molar-refractivity contribution in [1.82, 2.24) is 5.12 Å². The van der Waals surface area contributed by atoms with Crippen LogP contribution in [0.4, 0.5) is 0 Å². The molecule has 0 aliphatic carbocycles. The first-order chi connectivity index (χ1) is 4.10. The lowest BCUT2D eigenvalue weighted by Crippen LogP contribution is -2.25. The number of nitrogens with zero attached hydrogens (tertiary/aromatic N) is 2. The molecule has 2 N–H and O–H groups in total. The second-order valence-corrected chi connectivity index (χ2v) is 2.76. The van der Waals surface area contributed by atoms with Crippen LogP contribution in [-0.2, 0) is 0 Å². The minimum absolute atomic E-state index is 0.0653. The van der Waals surface area contributed by atoms with Crippen molar-refractivity contribution in [3.8, 4) is 0 Å². The van der Waals surface area contributed by atoms with E-state index in [2.05, 4.69) is 18.9 Å². The number of rotatable bonds is 0. The molecule has 0 unspecified atom stereocenters. The van der Waals surface area contributed by atoms with Gasteiger partial charge >= 0.3 is 0 Å². The summed E-state index contributed by atoms with van der Waals surface area (Å²) >= 11 is 0. The summed E-state index contributed by atoms with van der Waals surface area (Å²) in [6.45, 7) is 4.14. The van der Waals surface area contributed by atoms with E-state index in [1.54, 1.807) is 6.20 Å². The van der Waals surface area contributed by atoms with Crippen molar-refractivity contribution in [2.75, 3.05) is 0 Å². The van der Waals surface area contributed by atoms with E-state index < -0.39 is 0 Å². The van der Waals surface area contributed by atoms with Crippen LogP contribution in [0.1, 0.15) is 13.8 Å². The number of allylic oxidation sites excluding steroid dienone is 1.